The molecule has 0 aliphatic heterocycles. The smallest absolute Gasteiger partial charge is 0.0303 e. The molecule has 76 valence electrons. The summed E-state index contributed by atoms with van der Waals surface area (Å²) in [6.07, 6.45) is 5.84. The Balaban J connectivity index is 2.00. The van der Waals surface area contributed by atoms with Gasteiger partial charge in [0.1, 0.15) is 0 Å². The summed E-state index contributed by atoms with van der Waals surface area (Å²) >= 11 is 0. The van der Waals surface area contributed by atoms with Crippen molar-refractivity contribution in [3.8, 4) is 0 Å². The Hall–Kier alpha value is 0. The fourth-order valence-corrected chi connectivity index (χ4v) is 4.26. The van der Waals surface area contributed by atoms with Crippen LogP contribution in [0.3, 0.4) is 0 Å². The summed E-state index contributed by atoms with van der Waals surface area (Å²) in [6, 6.07) is 0. The predicted molar refractivity (Wildman–Crippen MR) is 57.6 cm³/mol. The number of rotatable bonds is 3. The largest absolute Gasteiger partial charge is 0.0654 e. The first-order valence-corrected chi connectivity index (χ1v) is 6.08. The second-order valence-corrected chi connectivity index (χ2v) is 6.03. The maximum absolute atomic E-state index is 2.49. The van der Waals surface area contributed by atoms with Gasteiger partial charge in [0.05, 0.1) is 0 Å². The van der Waals surface area contributed by atoms with Gasteiger partial charge in [-0.2, -0.15) is 0 Å². The van der Waals surface area contributed by atoms with Crippen molar-refractivity contribution in [2.45, 2.75) is 53.4 Å². The first-order valence-electron chi connectivity index (χ1n) is 6.08. The quantitative estimate of drug-likeness (QED) is 0.613. The molecular weight excluding hydrogens is 156 g/mol. The molecule has 0 saturated heterocycles. The predicted octanol–water partition coefficient (Wildman–Crippen LogP) is 4.10. The molecule has 0 heterocycles. The molecule has 2 aliphatic carbocycles. The van der Waals surface area contributed by atoms with Gasteiger partial charge in [0, 0.05) is 0 Å². The van der Waals surface area contributed by atoms with Crippen molar-refractivity contribution in [3.63, 3.8) is 0 Å². The third-order valence-corrected chi connectivity index (χ3v) is 4.88. The highest BCUT2D eigenvalue weighted by Crippen LogP contribution is 2.64. The second-order valence-electron chi connectivity index (χ2n) is 6.03. The van der Waals surface area contributed by atoms with Crippen LogP contribution in [-0.4, -0.2) is 0 Å². The molecule has 4 atom stereocenters. The Kier molecular flexibility index (Phi) is 2.20. The molecule has 4 unspecified atom stereocenters. The van der Waals surface area contributed by atoms with Crippen LogP contribution in [0.2, 0.25) is 0 Å². The van der Waals surface area contributed by atoms with Crippen molar-refractivity contribution in [1.82, 2.24) is 0 Å². The molecule has 0 bridgehead atoms. The van der Waals surface area contributed by atoms with Crippen LogP contribution in [0.4, 0.5) is 0 Å². The van der Waals surface area contributed by atoms with Gasteiger partial charge in [-0.3, -0.25) is 0 Å². The first-order chi connectivity index (χ1) is 6.08. The molecule has 0 aromatic heterocycles. The molecule has 0 N–H and O–H groups in total. The molecule has 0 nitrogen and oxygen atoms in total. The standard InChI is InChI=1S/C13H24/c1-5-8-13(3,4)12-9(2)10-6-7-11(10)12/h9-12H,5-8H2,1-4H3. The summed E-state index contributed by atoms with van der Waals surface area (Å²) < 4.78 is 0. The normalized spacial score (nSPS) is 43.4. The van der Waals surface area contributed by atoms with E-state index >= 15 is 0 Å². The van der Waals surface area contributed by atoms with Crippen molar-refractivity contribution in [2.24, 2.45) is 29.1 Å². The molecule has 2 saturated carbocycles. The average molecular weight is 180 g/mol. The van der Waals surface area contributed by atoms with Gasteiger partial charge >= 0.3 is 0 Å². The Morgan fingerprint density at radius 3 is 2.15 bits per heavy atom. The zero-order valence-corrected chi connectivity index (χ0v) is 9.64. The lowest BCUT2D eigenvalue weighted by Crippen LogP contribution is -2.57. The van der Waals surface area contributed by atoms with Crippen molar-refractivity contribution in [2.75, 3.05) is 0 Å². The van der Waals surface area contributed by atoms with E-state index in [4.69, 9.17) is 0 Å². The molecule has 0 radical (unpaired) electrons. The molecule has 2 fully saturated rings. The molecule has 2 rings (SSSR count). The van der Waals surface area contributed by atoms with Crippen molar-refractivity contribution < 1.29 is 0 Å². The number of hydrogen-bond donors (Lipinski definition) is 0. The fourth-order valence-electron chi connectivity index (χ4n) is 4.26. The molecule has 0 heteroatoms. The van der Waals surface area contributed by atoms with E-state index in [0.29, 0.717) is 5.41 Å². The Morgan fingerprint density at radius 1 is 1.15 bits per heavy atom. The third kappa shape index (κ3) is 1.25. The SMILES string of the molecule is CCCC(C)(C)C1C(C)C2CCC21. The molecular formula is C13H24. The van der Waals surface area contributed by atoms with Gasteiger partial charge in [-0.25, -0.2) is 0 Å². The van der Waals surface area contributed by atoms with E-state index in [1.54, 1.807) is 0 Å². The molecule has 0 spiro atoms. The number of hydrogen-bond acceptors (Lipinski definition) is 0. The average Bonchev–Trinajstić information content (AvgIpc) is 1.97. The third-order valence-electron chi connectivity index (χ3n) is 4.88. The van der Waals surface area contributed by atoms with Crippen molar-refractivity contribution >= 4 is 0 Å². The summed E-state index contributed by atoms with van der Waals surface area (Å²) in [4.78, 5) is 0. The van der Waals surface area contributed by atoms with Gasteiger partial charge in [0.25, 0.3) is 0 Å². The lowest BCUT2D eigenvalue weighted by molar-refractivity contribution is -0.149. The fraction of sp³-hybridized carbons (Fsp3) is 1.00. The first kappa shape index (κ1) is 9.55. The number of fused-ring (bicyclic) bond motifs is 1. The topological polar surface area (TPSA) is 0 Å². The van der Waals surface area contributed by atoms with E-state index in [9.17, 15) is 0 Å². The van der Waals surface area contributed by atoms with Gasteiger partial charge in [-0.05, 0) is 48.3 Å². The summed E-state index contributed by atoms with van der Waals surface area (Å²) in [6.45, 7) is 9.80. The maximum atomic E-state index is 2.49. The van der Waals surface area contributed by atoms with Crippen LogP contribution < -0.4 is 0 Å². The lowest BCUT2D eigenvalue weighted by Gasteiger charge is -2.63. The Labute approximate surface area is 83.1 Å². The van der Waals surface area contributed by atoms with Gasteiger partial charge in [0.15, 0.2) is 0 Å². The van der Waals surface area contributed by atoms with Gasteiger partial charge < -0.3 is 0 Å². The van der Waals surface area contributed by atoms with Crippen LogP contribution in [0, 0.1) is 29.1 Å². The highest BCUT2D eigenvalue weighted by Gasteiger charge is 2.57. The Morgan fingerprint density at radius 2 is 1.77 bits per heavy atom. The van der Waals surface area contributed by atoms with E-state index < -0.39 is 0 Å². The molecule has 0 aromatic carbocycles. The van der Waals surface area contributed by atoms with Crippen LogP contribution in [-0.2, 0) is 0 Å². The van der Waals surface area contributed by atoms with Crippen molar-refractivity contribution in [1.29, 1.82) is 0 Å². The minimum Gasteiger partial charge on any atom is -0.0654 e. The highest BCUT2D eigenvalue weighted by atomic mass is 14.6. The van der Waals surface area contributed by atoms with E-state index in [-0.39, 0.29) is 0 Å². The van der Waals surface area contributed by atoms with Gasteiger partial charge in [0.2, 0.25) is 0 Å². The summed E-state index contributed by atoms with van der Waals surface area (Å²) in [5, 5.41) is 0. The molecule has 2 aliphatic rings. The van der Waals surface area contributed by atoms with E-state index in [0.717, 1.165) is 23.7 Å². The van der Waals surface area contributed by atoms with Gasteiger partial charge in [-0.1, -0.05) is 34.1 Å². The summed E-state index contributed by atoms with van der Waals surface area (Å²) in [5.41, 5.74) is 0.621. The van der Waals surface area contributed by atoms with E-state index in [1.807, 2.05) is 0 Å². The maximum Gasteiger partial charge on any atom is -0.0303 e. The van der Waals surface area contributed by atoms with Crippen LogP contribution in [0.5, 0.6) is 0 Å². The molecule has 0 aromatic rings. The highest BCUT2D eigenvalue weighted by molar-refractivity contribution is 5.05. The van der Waals surface area contributed by atoms with E-state index in [1.165, 1.54) is 25.7 Å². The summed E-state index contributed by atoms with van der Waals surface area (Å²) in [5.74, 6) is 4.32. The summed E-state index contributed by atoms with van der Waals surface area (Å²) in [7, 11) is 0. The minimum atomic E-state index is 0.621. The second kappa shape index (κ2) is 3.00. The van der Waals surface area contributed by atoms with Crippen molar-refractivity contribution in [3.05, 3.63) is 0 Å². The van der Waals surface area contributed by atoms with Crippen LogP contribution >= 0.6 is 0 Å². The van der Waals surface area contributed by atoms with E-state index in [2.05, 4.69) is 27.7 Å². The van der Waals surface area contributed by atoms with Crippen LogP contribution in [0.15, 0.2) is 0 Å². The Bertz CT molecular complexity index is 186. The molecule has 0 amide bonds. The van der Waals surface area contributed by atoms with Crippen LogP contribution in [0.25, 0.3) is 0 Å². The monoisotopic (exact) mass is 180 g/mol. The lowest BCUT2D eigenvalue weighted by atomic mass is 9.41. The zero-order valence-electron chi connectivity index (χ0n) is 9.64. The minimum absolute atomic E-state index is 0.621. The molecule has 13 heavy (non-hydrogen) atoms. The zero-order chi connectivity index (χ0) is 9.64. The van der Waals surface area contributed by atoms with Crippen LogP contribution in [0.1, 0.15) is 53.4 Å². The van der Waals surface area contributed by atoms with Gasteiger partial charge in [-0.15, -0.1) is 0 Å².